The Morgan fingerprint density at radius 1 is 1.50 bits per heavy atom. The van der Waals surface area contributed by atoms with E-state index in [1.807, 2.05) is 5.10 Å². The summed E-state index contributed by atoms with van der Waals surface area (Å²) in [5.41, 5.74) is -2.42. The quantitative estimate of drug-likeness (QED) is 0.917. The van der Waals surface area contributed by atoms with Gasteiger partial charge in [-0.3, -0.25) is 9.59 Å². The number of hydrogen-bond acceptors (Lipinski definition) is 4. The number of halogens is 3. The first kappa shape index (κ1) is 14.7. The number of aromatic amines is 1. The Morgan fingerprint density at radius 3 is 2.80 bits per heavy atom. The van der Waals surface area contributed by atoms with Crippen LogP contribution in [0.5, 0.6) is 0 Å². The van der Waals surface area contributed by atoms with E-state index in [2.05, 4.69) is 5.10 Å². The number of fused-ring (bicyclic) bond motifs is 1. The fourth-order valence-corrected chi connectivity index (χ4v) is 2.24. The molecular weight excluding hydrogens is 277 g/mol. The Bertz CT molecular complexity index is 580. The third-order valence-corrected chi connectivity index (χ3v) is 3.13. The van der Waals surface area contributed by atoms with Crippen molar-refractivity contribution in [3.05, 3.63) is 27.2 Å². The molecule has 0 bridgehead atoms. The van der Waals surface area contributed by atoms with E-state index in [0.717, 1.165) is 0 Å². The van der Waals surface area contributed by atoms with Crippen molar-refractivity contribution in [1.82, 2.24) is 10.2 Å². The van der Waals surface area contributed by atoms with Crippen LogP contribution in [-0.4, -0.2) is 22.6 Å². The van der Waals surface area contributed by atoms with Gasteiger partial charge in [0.05, 0.1) is 12.3 Å². The highest BCUT2D eigenvalue weighted by atomic mass is 19.4. The van der Waals surface area contributed by atoms with Gasteiger partial charge in [0.1, 0.15) is 17.5 Å². The lowest BCUT2D eigenvalue weighted by Gasteiger charge is -2.13. The number of carbonyl (C=O) groups is 1. The Labute approximate surface area is 112 Å². The number of rotatable bonds is 4. The smallest absolute Gasteiger partial charge is 0.371 e. The van der Waals surface area contributed by atoms with Crippen LogP contribution in [0.15, 0.2) is 4.79 Å². The number of ketones is 1. The fraction of sp³-hybridized carbons (Fsp3) is 0.583. The minimum absolute atomic E-state index is 0.0615. The minimum atomic E-state index is -4.71. The van der Waals surface area contributed by atoms with Gasteiger partial charge < -0.3 is 4.74 Å². The fourth-order valence-electron chi connectivity index (χ4n) is 2.24. The van der Waals surface area contributed by atoms with E-state index >= 15 is 0 Å². The second-order valence-electron chi connectivity index (χ2n) is 4.64. The van der Waals surface area contributed by atoms with Crippen LogP contribution < -0.4 is 5.56 Å². The summed E-state index contributed by atoms with van der Waals surface area (Å²) in [7, 11) is 0. The van der Waals surface area contributed by atoms with Crippen molar-refractivity contribution in [2.75, 3.05) is 6.61 Å². The van der Waals surface area contributed by atoms with Gasteiger partial charge in [0, 0.05) is 6.42 Å². The minimum Gasteiger partial charge on any atom is -0.371 e. The molecule has 0 radical (unpaired) electrons. The summed E-state index contributed by atoms with van der Waals surface area (Å²) in [5.74, 6) is -0.0615. The van der Waals surface area contributed by atoms with E-state index < -0.39 is 23.4 Å². The SMILES string of the molecule is CC(=O)CCOC1CCc2c1n[nH]c(=O)c2C(F)(F)F. The van der Waals surface area contributed by atoms with Crippen LogP contribution in [0.3, 0.4) is 0 Å². The zero-order chi connectivity index (χ0) is 14.9. The number of Topliss-reactive ketones (excluding diaryl/α,β-unsaturated/α-hetero) is 1. The average Bonchev–Trinajstić information content (AvgIpc) is 2.69. The van der Waals surface area contributed by atoms with Gasteiger partial charge in [0.25, 0.3) is 5.56 Å². The van der Waals surface area contributed by atoms with Crippen LogP contribution in [0.25, 0.3) is 0 Å². The highest BCUT2D eigenvalue weighted by molar-refractivity contribution is 5.75. The molecule has 1 aliphatic carbocycles. The lowest BCUT2D eigenvalue weighted by molar-refractivity contribution is -0.139. The molecule has 0 aliphatic heterocycles. The lowest BCUT2D eigenvalue weighted by Crippen LogP contribution is -2.26. The Hall–Kier alpha value is -1.70. The number of alkyl halides is 3. The topological polar surface area (TPSA) is 72.0 Å². The Balaban J connectivity index is 2.26. The zero-order valence-corrected chi connectivity index (χ0v) is 10.7. The maximum absolute atomic E-state index is 12.9. The second kappa shape index (κ2) is 5.35. The van der Waals surface area contributed by atoms with Gasteiger partial charge in [0.2, 0.25) is 0 Å². The molecule has 1 aromatic rings. The van der Waals surface area contributed by atoms with Crippen molar-refractivity contribution in [1.29, 1.82) is 0 Å². The van der Waals surface area contributed by atoms with Gasteiger partial charge >= 0.3 is 6.18 Å². The summed E-state index contributed by atoms with van der Waals surface area (Å²) in [4.78, 5) is 22.1. The summed E-state index contributed by atoms with van der Waals surface area (Å²) in [6, 6.07) is 0. The molecule has 0 saturated carbocycles. The first-order valence-electron chi connectivity index (χ1n) is 6.10. The summed E-state index contributed by atoms with van der Waals surface area (Å²) >= 11 is 0. The number of nitrogens with one attached hydrogen (secondary N) is 1. The maximum atomic E-state index is 12.9. The molecule has 110 valence electrons. The first-order chi connectivity index (χ1) is 9.30. The van der Waals surface area contributed by atoms with Crippen molar-refractivity contribution in [3.63, 3.8) is 0 Å². The lowest BCUT2D eigenvalue weighted by atomic mass is 10.1. The van der Waals surface area contributed by atoms with Crippen molar-refractivity contribution in [3.8, 4) is 0 Å². The summed E-state index contributed by atoms with van der Waals surface area (Å²) in [6.07, 6.45) is -4.72. The van der Waals surface area contributed by atoms with E-state index in [4.69, 9.17) is 4.74 Å². The predicted molar refractivity (Wildman–Crippen MR) is 62.2 cm³/mol. The van der Waals surface area contributed by atoms with Gasteiger partial charge in [-0.25, -0.2) is 5.10 Å². The van der Waals surface area contributed by atoms with E-state index in [9.17, 15) is 22.8 Å². The van der Waals surface area contributed by atoms with Crippen LogP contribution in [0.2, 0.25) is 0 Å². The van der Waals surface area contributed by atoms with Gasteiger partial charge in [-0.2, -0.15) is 18.3 Å². The van der Waals surface area contributed by atoms with Crippen LogP contribution in [0.1, 0.15) is 42.7 Å². The van der Waals surface area contributed by atoms with E-state index in [1.54, 1.807) is 0 Å². The van der Waals surface area contributed by atoms with E-state index in [0.29, 0.717) is 6.42 Å². The second-order valence-corrected chi connectivity index (χ2v) is 4.64. The van der Waals surface area contributed by atoms with Crippen molar-refractivity contribution < 1.29 is 22.7 Å². The largest absolute Gasteiger partial charge is 0.422 e. The highest BCUT2D eigenvalue weighted by Gasteiger charge is 2.41. The molecule has 1 aromatic heterocycles. The van der Waals surface area contributed by atoms with Gasteiger partial charge in [0.15, 0.2) is 0 Å². The molecule has 20 heavy (non-hydrogen) atoms. The third-order valence-electron chi connectivity index (χ3n) is 3.13. The van der Waals surface area contributed by atoms with Crippen molar-refractivity contribution >= 4 is 5.78 Å². The van der Waals surface area contributed by atoms with Crippen LogP contribution in [0.4, 0.5) is 13.2 Å². The molecule has 0 fully saturated rings. The standard InChI is InChI=1S/C12H13F3N2O3/c1-6(18)4-5-20-8-3-2-7-9(12(13,14)15)11(19)17-16-10(7)8/h8H,2-5H2,1H3,(H,17,19). The van der Waals surface area contributed by atoms with Gasteiger partial charge in [-0.1, -0.05) is 0 Å². The molecule has 0 spiro atoms. The number of hydrogen-bond donors (Lipinski definition) is 1. The zero-order valence-electron chi connectivity index (χ0n) is 10.7. The molecule has 0 amide bonds. The molecule has 8 heteroatoms. The Morgan fingerprint density at radius 2 is 2.20 bits per heavy atom. The number of ether oxygens (including phenoxy) is 1. The number of nitrogens with zero attached hydrogens (tertiary/aromatic N) is 1. The summed E-state index contributed by atoms with van der Waals surface area (Å²) in [6.45, 7) is 1.53. The number of H-pyrrole nitrogens is 1. The van der Waals surface area contributed by atoms with Crippen molar-refractivity contribution in [2.24, 2.45) is 0 Å². The monoisotopic (exact) mass is 290 g/mol. The molecule has 2 rings (SSSR count). The summed E-state index contributed by atoms with van der Waals surface area (Å²) < 4.78 is 43.9. The van der Waals surface area contributed by atoms with Gasteiger partial charge in [-0.05, 0) is 25.3 Å². The van der Waals surface area contributed by atoms with Crippen LogP contribution >= 0.6 is 0 Å². The van der Waals surface area contributed by atoms with E-state index in [1.165, 1.54) is 6.92 Å². The number of aromatic nitrogens is 2. The molecule has 0 saturated heterocycles. The highest BCUT2D eigenvalue weighted by Crippen LogP contribution is 2.38. The van der Waals surface area contributed by atoms with Crippen LogP contribution in [0, 0.1) is 0 Å². The molecule has 1 aliphatic rings. The maximum Gasteiger partial charge on any atom is 0.422 e. The molecule has 1 atom stereocenters. The molecule has 1 N–H and O–H groups in total. The Kier molecular flexibility index (Phi) is 3.94. The molecule has 1 heterocycles. The number of carbonyl (C=O) groups excluding carboxylic acids is 1. The summed E-state index contributed by atoms with van der Waals surface area (Å²) in [5, 5.41) is 5.53. The molecule has 1 unspecified atom stereocenters. The molecule has 5 nitrogen and oxygen atoms in total. The van der Waals surface area contributed by atoms with Crippen molar-refractivity contribution in [2.45, 2.75) is 38.5 Å². The first-order valence-corrected chi connectivity index (χ1v) is 6.10. The average molecular weight is 290 g/mol. The molecule has 0 aromatic carbocycles. The predicted octanol–water partition coefficient (Wildman–Crippen LogP) is 1.77. The third kappa shape index (κ3) is 2.90. The van der Waals surface area contributed by atoms with Gasteiger partial charge in [-0.15, -0.1) is 0 Å². The normalized spacial score (nSPS) is 18.1. The van der Waals surface area contributed by atoms with E-state index in [-0.39, 0.29) is 36.5 Å². The van der Waals surface area contributed by atoms with Crippen LogP contribution in [-0.2, 0) is 22.1 Å². The molecular formula is C12H13F3N2O3.